The Morgan fingerprint density at radius 1 is 1.24 bits per heavy atom. The van der Waals surface area contributed by atoms with Crippen LogP contribution in [0.3, 0.4) is 0 Å². The van der Waals surface area contributed by atoms with Crippen LogP contribution < -0.4 is 5.32 Å². The van der Waals surface area contributed by atoms with Crippen LogP contribution in [0.4, 0.5) is 5.82 Å². The second kappa shape index (κ2) is 5.23. The number of hydrogen-bond acceptors (Lipinski definition) is 5. The molecule has 0 aliphatic carbocycles. The molecule has 0 amide bonds. The lowest BCUT2D eigenvalue weighted by Crippen LogP contribution is -2.05. The second-order valence-electron chi connectivity index (χ2n) is 3.88. The molecule has 2 rings (SSSR count). The van der Waals surface area contributed by atoms with Gasteiger partial charge in [0.2, 0.25) is 0 Å². The molecule has 0 radical (unpaired) electrons. The summed E-state index contributed by atoms with van der Waals surface area (Å²) >= 11 is 1.66. The third-order valence-electron chi connectivity index (χ3n) is 2.26. The first-order valence-corrected chi connectivity index (χ1v) is 6.54. The van der Waals surface area contributed by atoms with Gasteiger partial charge in [-0.15, -0.1) is 11.3 Å². The van der Waals surface area contributed by atoms with Gasteiger partial charge in [0.15, 0.2) is 0 Å². The molecule has 0 aliphatic heterocycles. The molecular formula is C12H16N4S. The van der Waals surface area contributed by atoms with Gasteiger partial charge in [-0.05, 0) is 20.8 Å². The Kier molecular flexibility index (Phi) is 3.68. The van der Waals surface area contributed by atoms with Gasteiger partial charge in [0, 0.05) is 23.7 Å². The molecule has 1 N–H and O–H groups in total. The van der Waals surface area contributed by atoms with Gasteiger partial charge < -0.3 is 5.32 Å². The molecule has 0 fully saturated rings. The SMILES string of the molecule is CCNc1cc(C)nc(Cc2csc(C)n2)n1. The largest absolute Gasteiger partial charge is 0.370 e. The number of nitrogens with one attached hydrogen (secondary N) is 1. The van der Waals surface area contributed by atoms with Gasteiger partial charge in [0.25, 0.3) is 0 Å². The van der Waals surface area contributed by atoms with Crippen molar-refractivity contribution < 1.29 is 0 Å². The molecule has 0 unspecified atom stereocenters. The van der Waals surface area contributed by atoms with E-state index in [9.17, 15) is 0 Å². The van der Waals surface area contributed by atoms with Crippen LogP contribution in [0.15, 0.2) is 11.4 Å². The third-order valence-corrected chi connectivity index (χ3v) is 3.09. The van der Waals surface area contributed by atoms with E-state index >= 15 is 0 Å². The smallest absolute Gasteiger partial charge is 0.136 e. The predicted molar refractivity (Wildman–Crippen MR) is 70.6 cm³/mol. The second-order valence-corrected chi connectivity index (χ2v) is 4.94. The zero-order valence-corrected chi connectivity index (χ0v) is 11.1. The van der Waals surface area contributed by atoms with Gasteiger partial charge in [0.1, 0.15) is 11.6 Å². The molecule has 2 heterocycles. The Morgan fingerprint density at radius 3 is 2.71 bits per heavy atom. The summed E-state index contributed by atoms with van der Waals surface area (Å²) in [4.78, 5) is 13.3. The quantitative estimate of drug-likeness (QED) is 0.903. The van der Waals surface area contributed by atoms with E-state index in [1.165, 1.54) is 0 Å². The number of hydrogen-bond donors (Lipinski definition) is 1. The fourth-order valence-corrected chi connectivity index (χ4v) is 2.24. The molecule has 90 valence electrons. The summed E-state index contributed by atoms with van der Waals surface area (Å²) in [6.07, 6.45) is 0.699. The number of thiazole rings is 1. The Balaban J connectivity index is 2.20. The molecule has 5 heteroatoms. The van der Waals surface area contributed by atoms with Crippen LogP contribution in [0.2, 0.25) is 0 Å². The summed E-state index contributed by atoms with van der Waals surface area (Å²) in [5, 5.41) is 6.36. The minimum atomic E-state index is 0.699. The first kappa shape index (κ1) is 12.0. The minimum absolute atomic E-state index is 0.699. The summed E-state index contributed by atoms with van der Waals surface area (Å²) in [5.74, 6) is 1.72. The first-order chi connectivity index (χ1) is 8.17. The zero-order chi connectivity index (χ0) is 12.3. The van der Waals surface area contributed by atoms with Crippen LogP contribution >= 0.6 is 11.3 Å². The number of nitrogens with zero attached hydrogens (tertiary/aromatic N) is 3. The van der Waals surface area contributed by atoms with Crippen molar-refractivity contribution >= 4 is 17.2 Å². The van der Waals surface area contributed by atoms with Crippen LogP contribution in [-0.4, -0.2) is 21.5 Å². The van der Waals surface area contributed by atoms with Gasteiger partial charge in [-0.2, -0.15) is 0 Å². The van der Waals surface area contributed by atoms with Crippen LogP contribution in [0, 0.1) is 13.8 Å². The molecule has 4 nitrogen and oxygen atoms in total. The van der Waals surface area contributed by atoms with Crippen molar-refractivity contribution in [3.05, 3.63) is 33.7 Å². The Morgan fingerprint density at radius 2 is 2.06 bits per heavy atom. The maximum Gasteiger partial charge on any atom is 0.136 e. The van der Waals surface area contributed by atoms with E-state index in [0.29, 0.717) is 6.42 Å². The van der Waals surface area contributed by atoms with Crippen LogP contribution in [0.25, 0.3) is 0 Å². The van der Waals surface area contributed by atoms with Crippen LogP contribution in [-0.2, 0) is 6.42 Å². The fourth-order valence-electron chi connectivity index (χ4n) is 1.63. The lowest BCUT2D eigenvalue weighted by atomic mass is 10.3. The molecule has 0 aromatic carbocycles. The van der Waals surface area contributed by atoms with Crippen molar-refractivity contribution in [1.29, 1.82) is 0 Å². The number of anilines is 1. The molecule has 17 heavy (non-hydrogen) atoms. The maximum absolute atomic E-state index is 4.47. The summed E-state index contributed by atoms with van der Waals surface area (Å²) in [5.41, 5.74) is 2.03. The van der Waals surface area contributed by atoms with Gasteiger partial charge >= 0.3 is 0 Å². The Labute approximate surface area is 105 Å². The van der Waals surface area contributed by atoms with Crippen molar-refractivity contribution in [3.63, 3.8) is 0 Å². The van der Waals surface area contributed by atoms with E-state index in [2.05, 4.69) is 32.6 Å². The van der Waals surface area contributed by atoms with Crippen molar-refractivity contribution in [1.82, 2.24) is 15.0 Å². The summed E-state index contributed by atoms with van der Waals surface area (Å²) < 4.78 is 0. The summed E-state index contributed by atoms with van der Waals surface area (Å²) in [6, 6.07) is 1.96. The molecule has 0 saturated carbocycles. The number of aromatic nitrogens is 3. The van der Waals surface area contributed by atoms with E-state index < -0.39 is 0 Å². The van der Waals surface area contributed by atoms with Crippen LogP contribution in [0.5, 0.6) is 0 Å². The summed E-state index contributed by atoms with van der Waals surface area (Å²) in [7, 11) is 0. The van der Waals surface area contributed by atoms with Gasteiger partial charge in [0.05, 0.1) is 17.1 Å². The van der Waals surface area contributed by atoms with E-state index in [1.807, 2.05) is 19.9 Å². The molecule has 0 saturated heterocycles. The highest BCUT2D eigenvalue weighted by Gasteiger charge is 2.05. The van der Waals surface area contributed by atoms with E-state index in [1.54, 1.807) is 11.3 Å². The lowest BCUT2D eigenvalue weighted by Gasteiger charge is -2.05. The summed E-state index contributed by atoms with van der Waals surface area (Å²) in [6.45, 7) is 6.92. The molecular weight excluding hydrogens is 232 g/mol. The standard InChI is InChI=1S/C12H16N4S/c1-4-13-11-5-8(2)14-12(16-11)6-10-7-17-9(3)15-10/h5,7H,4,6H2,1-3H3,(H,13,14,16). The minimum Gasteiger partial charge on any atom is -0.370 e. The molecule has 2 aromatic heterocycles. The Bertz CT molecular complexity index is 507. The molecule has 2 aromatic rings. The highest BCUT2D eigenvalue weighted by atomic mass is 32.1. The van der Waals surface area contributed by atoms with Gasteiger partial charge in [-0.1, -0.05) is 0 Å². The van der Waals surface area contributed by atoms with Crippen molar-refractivity contribution in [3.8, 4) is 0 Å². The average Bonchev–Trinajstić information content (AvgIpc) is 2.63. The zero-order valence-electron chi connectivity index (χ0n) is 10.3. The topological polar surface area (TPSA) is 50.7 Å². The van der Waals surface area contributed by atoms with Crippen molar-refractivity contribution in [2.45, 2.75) is 27.2 Å². The number of aryl methyl sites for hydroxylation is 2. The number of rotatable bonds is 4. The third kappa shape index (κ3) is 3.23. The van der Waals surface area contributed by atoms with Crippen molar-refractivity contribution in [2.75, 3.05) is 11.9 Å². The van der Waals surface area contributed by atoms with E-state index in [0.717, 1.165) is 34.6 Å². The van der Waals surface area contributed by atoms with Gasteiger partial charge in [-0.25, -0.2) is 15.0 Å². The molecule has 0 bridgehead atoms. The molecule has 0 aliphatic rings. The first-order valence-electron chi connectivity index (χ1n) is 5.67. The lowest BCUT2D eigenvalue weighted by molar-refractivity contribution is 0.917. The van der Waals surface area contributed by atoms with Gasteiger partial charge in [-0.3, -0.25) is 0 Å². The Hall–Kier alpha value is -1.49. The normalized spacial score (nSPS) is 10.5. The predicted octanol–water partition coefficient (Wildman–Crippen LogP) is 2.57. The highest BCUT2D eigenvalue weighted by molar-refractivity contribution is 7.09. The molecule has 0 atom stereocenters. The van der Waals surface area contributed by atoms with E-state index in [4.69, 9.17) is 0 Å². The fraction of sp³-hybridized carbons (Fsp3) is 0.417. The molecule has 0 spiro atoms. The average molecular weight is 248 g/mol. The maximum atomic E-state index is 4.47. The van der Waals surface area contributed by atoms with E-state index in [-0.39, 0.29) is 0 Å². The van der Waals surface area contributed by atoms with Crippen molar-refractivity contribution in [2.24, 2.45) is 0 Å². The van der Waals surface area contributed by atoms with Crippen LogP contribution in [0.1, 0.15) is 29.1 Å². The monoisotopic (exact) mass is 248 g/mol. The highest BCUT2D eigenvalue weighted by Crippen LogP contribution is 2.13.